The predicted molar refractivity (Wildman–Crippen MR) is 146 cm³/mol. The summed E-state index contributed by atoms with van der Waals surface area (Å²) in [5, 5.41) is 7.52. The van der Waals surface area contributed by atoms with Crippen molar-refractivity contribution in [2.75, 3.05) is 41.9 Å². The number of halogens is 1. The Labute approximate surface area is 215 Å². The van der Waals surface area contributed by atoms with Crippen LogP contribution in [0.1, 0.15) is 23.7 Å². The van der Waals surface area contributed by atoms with Gasteiger partial charge in [-0.3, -0.25) is 9.98 Å². The third kappa shape index (κ3) is 7.28. The fourth-order valence-electron chi connectivity index (χ4n) is 3.64. The largest absolute Gasteiger partial charge is 0.378 e. The number of anilines is 4. The smallest absolute Gasteiger partial charge is 0.245 e. The highest BCUT2D eigenvalue weighted by Crippen LogP contribution is 2.21. The molecule has 1 aliphatic rings. The lowest BCUT2D eigenvalue weighted by Gasteiger charge is -2.27. The molecule has 1 fully saturated rings. The molecule has 1 aliphatic heterocycles. The summed E-state index contributed by atoms with van der Waals surface area (Å²) >= 11 is 0. The van der Waals surface area contributed by atoms with E-state index < -0.39 is 5.82 Å². The maximum atomic E-state index is 14.2. The Hall–Kier alpha value is -4.44. The highest BCUT2D eigenvalue weighted by molar-refractivity contribution is 6.00. The van der Waals surface area contributed by atoms with Gasteiger partial charge in [0.1, 0.15) is 0 Å². The quantitative estimate of drug-likeness (QED) is 0.246. The number of rotatable bonds is 9. The van der Waals surface area contributed by atoms with Crippen molar-refractivity contribution in [3.8, 4) is 0 Å². The number of nitrogens with zero attached hydrogens (tertiary/aromatic N) is 6. The van der Waals surface area contributed by atoms with Gasteiger partial charge in [-0.25, -0.2) is 14.8 Å². The minimum atomic E-state index is -0.478. The summed E-state index contributed by atoms with van der Waals surface area (Å²) < 4.78 is 19.5. The predicted octanol–water partition coefficient (Wildman–Crippen LogP) is 4.85. The van der Waals surface area contributed by atoms with E-state index in [1.165, 1.54) is 0 Å². The van der Waals surface area contributed by atoms with Crippen LogP contribution in [0.5, 0.6) is 0 Å². The van der Waals surface area contributed by atoms with E-state index in [9.17, 15) is 4.39 Å². The van der Waals surface area contributed by atoms with Crippen LogP contribution in [0.3, 0.4) is 0 Å². The molecule has 0 amide bonds. The fraction of sp³-hybridized carbons (Fsp3) is 0.222. The van der Waals surface area contributed by atoms with Crippen LogP contribution < -0.4 is 15.6 Å². The van der Waals surface area contributed by atoms with Crippen LogP contribution in [0.4, 0.5) is 27.5 Å². The van der Waals surface area contributed by atoms with Gasteiger partial charge in [0.2, 0.25) is 5.95 Å². The summed E-state index contributed by atoms with van der Waals surface area (Å²) in [5.41, 5.74) is 8.19. The lowest BCUT2D eigenvalue weighted by atomic mass is 10.1. The number of nitrogens with one attached hydrogen (secondary N) is 2. The molecule has 3 heterocycles. The first kappa shape index (κ1) is 25.6. The lowest BCUT2D eigenvalue weighted by Crippen LogP contribution is -2.37. The number of allylic oxidation sites excluding steroid dienone is 2. The minimum absolute atomic E-state index is 0.200. The van der Waals surface area contributed by atoms with Crippen LogP contribution in [-0.4, -0.2) is 53.2 Å². The van der Waals surface area contributed by atoms with Crippen molar-refractivity contribution >= 4 is 35.1 Å². The second-order valence-electron chi connectivity index (χ2n) is 8.31. The van der Waals surface area contributed by atoms with Gasteiger partial charge in [0.25, 0.3) is 0 Å². The Morgan fingerprint density at radius 2 is 1.97 bits per heavy atom. The van der Waals surface area contributed by atoms with E-state index in [-0.39, 0.29) is 11.8 Å². The maximum absolute atomic E-state index is 14.2. The van der Waals surface area contributed by atoms with Crippen LogP contribution in [0.25, 0.3) is 0 Å². The molecule has 190 valence electrons. The number of hydrazone groups is 1. The van der Waals surface area contributed by atoms with Crippen molar-refractivity contribution in [3.63, 3.8) is 0 Å². The molecule has 2 N–H and O–H groups in total. The second-order valence-corrected chi connectivity index (χ2v) is 8.31. The average Bonchev–Trinajstić information content (AvgIpc) is 2.91. The average molecular weight is 501 g/mol. The molecule has 37 heavy (non-hydrogen) atoms. The Kier molecular flexibility index (Phi) is 8.66. The van der Waals surface area contributed by atoms with Gasteiger partial charge in [-0.15, -0.1) is 0 Å². The molecule has 0 saturated carbocycles. The van der Waals surface area contributed by atoms with E-state index in [1.54, 1.807) is 30.8 Å². The second kappa shape index (κ2) is 12.5. The number of benzene rings is 1. The van der Waals surface area contributed by atoms with Crippen LogP contribution in [0.2, 0.25) is 0 Å². The first-order chi connectivity index (χ1) is 18.0. The third-order valence-corrected chi connectivity index (χ3v) is 5.46. The summed E-state index contributed by atoms with van der Waals surface area (Å²) in [6, 6.07) is 9.94. The first-order valence-corrected chi connectivity index (χ1v) is 11.8. The molecule has 2 aromatic heterocycles. The number of ether oxygens (including phenoxy) is 1. The number of aryl methyl sites for hydroxylation is 1. The van der Waals surface area contributed by atoms with Gasteiger partial charge in [0.05, 0.1) is 43.2 Å². The molecule has 0 unspecified atom stereocenters. The van der Waals surface area contributed by atoms with E-state index >= 15 is 0 Å². The molecule has 0 spiro atoms. The molecule has 0 radical (unpaired) electrons. The fourth-order valence-corrected chi connectivity index (χ4v) is 3.64. The Bertz CT molecular complexity index is 1310. The highest BCUT2D eigenvalue weighted by atomic mass is 19.1. The van der Waals surface area contributed by atoms with Crippen molar-refractivity contribution in [3.05, 3.63) is 90.3 Å². The van der Waals surface area contributed by atoms with Gasteiger partial charge in [-0.05, 0) is 55.3 Å². The van der Waals surface area contributed by atoms with Crippen LogP contribution >= 0.6 is 0 Å². The summed E-state index contributed by atoms with van der Waals surface area (Å²) in [7, 11) is 0. The molecule has 4 rings (SSSR count). The molecule has 0 bridgehead atoms. The van der Waals surface area contributed by atoms with Crippen LogP contribution in [0.15, 0.2) is 77.8 Å². The van der Waals surface area contributed by atoms with E-state index in [0.29, 0.717) is 32.0 Å². The van der Waals surface area contributed by atoms with E-state index in [4.69, 9.17) is 4.74 Å². The van der Waals surface area contributed by atoms with Crippen molar-refractivity contribution in [1.29, 1.82) is 0 Å². The van der Waals surface area contributed by atoms with E-state index in [1.807, 2.05) is 36.9 Å². The van der Waals surface area contributed by atoms with Gasteiger partial charge < -0.3 is 15.0 Å². The summed E-state index contributed by atoms with van der Waals surface area (Å²) in [4.78, 5) is 18.9. The van der Waals surface area contributed by atoms with Crippen molar-refractivity contribution in [2.45, 2.75) is 13.8 Å². The number of morpholine rings is 1. The Balaban J connectivity index is 1.38. The number of aromatic nitrogens is 3. The van der Waals surface area contributed by atoms with Crippen LogP contribution in [0, 0.1) is 12.7 Å². The zero-order valence-electron chi connectivity index (χ0n) is 20.9. The molecule has 10 heteroatoms. The topological polar surface area (TPSA) is 99.9 Å². The minimum Gasteiger partial charge on any atom is -0.378 e. The number of pyridine rings is 1. The summed E-state index contributed by atoms with van der Waals surface area (Å²) in [6.07, 6.45) is 9.61. The summed E-state index contributed by atoms with van der Waals surface area (Å²) in [6.45, 7) is 9.89. The van der Waals surface area contributed by atoms with Gasteiger partial charge in [0, 0.05) is 30.7 Å². The zero-order valence-corrected chi connectivity index (χ0v) is 20.9. The van der Waals surface area contributed by atoms with Gasteiger partial charge in [-0.1, -0.05) is 18.7 Å². The summed E-state index contributed by atoms with van der Waals surface area (Å²) in [5.74, 6) is -0.0426. The monoisotopic (exact) mass is 500 g/mol. The molecule has 0 aliphatic carbocycles. The molecule has 1 aromatic carbocycles. The number of hydrogen-bond donors (Lipinski definition) is 2. The normalized spacial score (nSPS) is 14.4. The molecule has 0 atom stereocenters. The zero-order chi connectivity index (χ0) is 26.0. The molecular weight excluding hydrogens is 471 g/mol. The number of hydrogen-bond acceptors (Lipinski definition) is 9. The van der Waals surface area contributed by atoms with Gasteiger partial charge in [0.15, 0.2) is 11.6 Å². The Morgan fingerprint density at radius 1 is 1.14 bits per heavy atom. The molecule has 1 saturated heterocycles. The Morgan fingerprint density at radius 3 is 2.73 bits per heavy atom. The van der Waals surface area contributed by atoms with Gasteiger partial charge in [-0.2, -0.15) is 10.1 Å². The molecule has 3 aromatic rings. The highest BCUT2D eigenvalue weighted by Gasteiger charge is 2.17. The lowest BCUT2D eigenvalue weighted by molar-refractivity contribution is 0.122. The molecular formula is C27H29FN8O. The third-order valence-electron chi connectivity index (χ3n) is 5.46. The van der Waals surface area contributed by atoms with Gasteiger partial charge >= 0.3 is 0 Å². The van der Waals surface area contributed by atoms with Crippen molar-refractivity contribution < 1.29 is 9.13 Å². The van der Waals surface area contributed by atoms with Crippen molar-refractivity contribution in [1.82, 2.24) is 15.0 Å². The SMILES string of the molecule is C=C/C=C\N=C(/C)c1cc(C)cc(Nc2ccc(/C=N/Nc3ncc(F)c(N4CCOCC4)n3)nc2)c1. The standard InChI is InChI=1S/C27H29FN8O/c1-4-5-8-29-20(3)21-13-19(2)14-24(15-21)33-23-7-6-22(30-16-23)17-32-35-27-31-18-25(28)26(34-27)36-9-11-37-12-10-36/h4-8,13-18,33H,1,9-12H2,2-3H3,(H,31,34,35)/b8-5-,29-20+,32-17+. The first-order valence-electron chi connectivity index (χ1n) is 11.8. The van der Waals surface area contributed by atoms with Crippen molar-refractivity contribution in [2.24, 2.45) is 10.1 Å². The van der Waals surface area contributed by atoms with Crippen LogP contribution in [-0.2, 0) is 4.74 Å². The van der Waals surface area contributed by atoms with E-state index in [2.05, 4.69) is 54.5 Å². The number of aliphatic imine (C=N–C) groups is 1. The van der Waals surface area contributed by atoms with E-state index in [0.717, 1.165) is 34.4 Å². The molecule has 9 nitrogen and oxygen atoms in total. The maximum Gasteiger partial charge on any atom is 0.245 e.